The lowest BCUT2D eigenvalue weighted by Crippen LogP contribution is -2.54. The number of amides is 1. The zero-order valence-electron chi connectivity index (χ0n) is 10.2. The van der Waals surface area contributed by atoms with Gasteiger partial charge in [-0.05, 0) is 47.4 Å². The van der Waals surface area contributed by atoms with Crippen LogP contribution >= 0.6 is 15.9 Å². The second-order valence-electron chi connectivity index (χ2n) is 4.25. The van der Waals surface area contributed by atoms with Crippen LogP contribution in [0.15, 0.2) is 16.6 Å². The van der Waals surface area contributed by atoms with Crippen LogP contribution in [0.3, 0.4) is 0 Å². The summed E-state index contributed by atoms with van der Waals surface area (Å²) in [6.07, 6.45) is 1.13. The molecule has 19 heavy (non-hydrogen) atoms. The van der Waals surface area contributed by atoms with Gasteiger partial charge >= 0.3 is 0 Å². The second-order valence-corrected chi connectivity index (χ2v) is 5.10. The van der Waals surface area contributed by atoms with E-state index in [1.807, 2.05) is 0 Å². The van der Waals surface area contributed by atoms with Crippen molar-refractivity contribution in [3.05, 3.63) is 28.0 Å². The minimum absolute atomic E-state index is 0.154. The first-order valence-corrected chi connectivity index (χ1v) is 6.82. The van der Waals surface area contributed by atoms with Gasteiger partial charge in [-0.25, -0.2) is 4.39 Å². The molecule has 1 heterocycles. The molecule has 0 saturated carbocycles. The first kappa shape index (κ1) is 14.2. The van der Waals surface area contributed by atoms with Crippen molar-refractivity contribution in [2.45, 2.75) is 19.1 Å². The number of fused-ring (bicyclic) bond motifs is 1. The molecule has 0 bridgehead atoms. The third kappa shape index (κ3) is 3.43. The predicted octanol–water partition coefficient (Wildman–Crippen LogP) is 1.39. The molecule has 1 unspecified atom stereocenters. The lowest BCUT2D eigenvalue weighted by Gasteiger charge is -2.28. The molecular weight excluding hydrogens is 317 g/mol. The van der Waals surface area contributed by atoms with Crippen molar-refractivity contribution >= 4 is 27.5 Å². The molecule has 2 rings (SSSR count). The third-order valence-corrected chi connectivity index (χ3v) is 3.42. The van der Waals surface area contributed by atoms with Crippen LogP contribution < -0.4 is 16.0 Å². The summed E-state index contributed by atoms with van der Waals surface area (Å²) >= 11 is 3.09. The van der Waals surface area contributed by atoms with E-state index in [-0.39, 0.29) is 18.1 Å². The average molecular weight is 332 g/mol. The highest BCUT2D eigenvalue weighted by Crippen LogP contribution is 2.26. The Bertz CT molecular complexity index is 484. The number of halogens is 2. The molecule has 0 spiro atoms. The lowest BCUT2D eigenvalue weighted by molar-refractivity contribution is 0.0928. The van der Waals surface area contributed by atoms with Crippen molar-refractivity contribution in [1.82, 2.24) is 10.6 Å². The fraction of sp³-hybridized carbons (Fsp3) is 0.417. The van der Waals surface area contributed by atoms with E-state index < -0.39 is 12.1 Å². The van der Waals surface area contributed by atoms with Gasteiger partial charge in [-0.3, -0.25) is 10.1 Å². The number of aliphatic hydroxyl groups is 1. The third-order valence-electron chi connectivity index (χ3n) is 2.81. The molecular formula is C12H15BrFN3O2. The van der Waals surface area contributed by atoms with Crippen molar-refractivity contribution in [2.24, 2.45) is 0 Å². The summed E-state index contributed by atoms with van der Waals surface area (Å²) in [5, 5.41) is 17.5. The van der Waals surface area contributed by atoms with Gasteiger partial charge in [0.05, 0.1) is 15.7 Å². The maximum atomic E-state index is 13.4. The van der Waals surface area contributed by atoms with Gasteiger partial charge in [0.2, 0.25) is 0 Å². The molecule has 1 atom stereocenters. The fourth-order valence-electron chi connectivity index (χ4n) is 1.84. The van der Waals surface area contributed by atoms with E-state index >= 15 is 0 Å². The normalized spacial score (nSPS) is 17.6. The summed E-state index contributed by atoms with van der Waals surface area (Å²) in [6, 6.07) is 2.75. The molecule has 7 heteroatoms. The zero-order valence-corrected chi connectivity index (χ0v) is 11.8. The monoisotopic (exact) mass is 331 g/mol. The van der Waals surface area contributed by atoms with Crippen LogP contribution in [0.4, 0.5) is 10.1 Å². The van der Waals surface area contributed by atoms with E-state index in [9.17, 15) is 9.18 Å². The van der Waals surface area contributed by atoms with Gasteiger partial charge in [-0.1, -0.05) is 0 Å². The van der Waals surface area contributed by atoms with Crippen LogP contribution in [0.2, 0.25) is 0 Å². The number of rotatable bonds is 5. The van der Waals surface area contributed by atoms with E-state index in [4.69, 9.17) is 5.11 Å². The highest BCUT2D eigenvalue weighted by molar-refractivity contribution is 9.10. The number of nitrogens with one attached hydrogen (secondary N) is 3. The maximum Gasteiger partial charge on any atom is 0.256 e. The van der Waals surface area contributed by atoms with Crippen molar-refractivity contribution in [2.75, 3.05) is 18.5 Å². The molecule has 5 nitrogen and oxygen atoms in total. The standard InChI is InChI=1S/C12H15BrFN3O2/c13-8-6-10-7(5-9(8)14)11(19)17-12(16-10)15-3-1-2-4-18/h5-6,12,15-16,18H,1-4H2,(H,17,19). The molecule has 1 amide bonds. The first-order chi connectivity index (χ1) is 9.11. The van der Waals surface area contributed by atoms with Gasteiger partial charge in [-0.15, -0.1) is 0 Å². The van der Waals surface area contributed by atoms with E-state index in [1.165, 1.54) is 6.07 Å². The quantitative estimate of drug-likeness (QED) is 0.615. The Labute approximate surface area is 118 Å². The highest BCUT2D eigenvalue weighted by Gasteiger charge is 2.24. The van der Waals surface area contributed by atoms with Crippen LogP contribution in [0.5, 0.6) is 0 Å². The number of carbonyl (C=O) groups is 1. The molecule has 1 aliphatic rings. The van der Waals surface area contributed by atoms with Crippen LogP contribution in [-0.4, -0.2) is 30.5 Å². The van der Waals surface area contributed by atoms with Gasteiger partial charge in [0.25, 0.3) is 5.91 Å². The number of benzene rings is 1. The van der Waals surface area contributed by atoms with Crippen LogP contribution in [-0.2, 0) is 0 Å². The Morgan fingerprint density at radius 1 is 1.37 bits per heavy atom. The predicted molar refractivity (Wildman–Crippen MR) is 73.3 cm³/mol. The SMILES string of the molecule is O=C1NC(NCCCCO)Nc2cc(Br)c(F)cc21. The average Bonchev–Trinajstić information content (AvgIpc) is 2.37. The first-order valence-electron chi connectivity index (χ1n) is 6.02. The van der Waals surface area contributed by atoms with E-state index in [0.29, 0.717) is 23.1 Å². The number of unbranched alkanes of at least 4 members (excludes halogenated alkanes) is 1. The Kier molecular flexibility index (Phi) is 4.73. The fourth-order valence-corrected chi connectivity index (χ4v) is 2.18. The Morgan fingerprint density at radius 2 is 2.16 bits per heavy atom. The summed E-state index contributed by atoms with van der Waals surface area (Å²) < 4.78 is 13.7. The van der Waals surface area contributed by atoms with Crippen LogP contribution in [0.1, 0.15) is 23.2 Å². The van der Waals surface area contributed by atoms with Gasteiger partial charge in [0.15, 0.2) is 6.29 Å². The minimum Gasteiger partial charge on any atom is -0.396 e. The zero-order chi connectivity index (χ0) is 13.8. The number of aliphatic hydroxyl groups excluding tert-OH is 1. The molecule has 0 aliphatic carbocycles. The second kappa shape index (κ2) is 6.31. The largest absolute Gasteiger partial charge is 0.396 e. The van der Waals surface area contributed by atoms with Crippen LogP contribution in [0.25, 0.3) is 0 Å². The molecule has 1 aromatic carbocycles. The number of hydrogen-bond acceptors (Lipinski definition) is 4. The summed E-state index contributed by atoms with van der Waals surface area (Å²) in [4.78, 5) is 11.8. The summed E-state index contributed by atoms with van der Waals surface area (Å²) in [5.74, 6) is -0.787. The van der Waals surface area contributed by atoms with Gasteiger partial charge in [0, 0.05) is 6.61 Å². The summed E-state index contributed by atoms with van der Waals surface area (Å²) in [5.41, 5.74) is 0.866. The molecule has 0 saturated heterocycles. The summed E-state index contributed by atoms with van der Waals surface area (Å²) in [7, 11) is 0. The Balaban J connectivity index is 2.03. The summed E-state index contributed by atoms with van der Waals surface area (Å²) in [6.45, 7) is 0.817. The Morgan fingerprint density at radius 3 is 2.89 bits per heavy atom. The molecule has 1 aromatic rings. The number of anilines is 1. The van der Waals surface area contributed by atoms with E-state index in [0.717, 1.165) is 6.42 Å². The lowest BCUT2D eigenvalue weighted by atomic mass is 10.1. The molecule has 1 aliphatic heterocycles. The van der Waals surface area contributed by atoms with Crippen molar-refractivity contribution in [1.29, 1.82) is 0 Å². The van der Waals surface area contributed by atoms with Crippen LogP contribution in [0, 0.1) is 5.82 Å². The van der Waals surface area contributed by atoms with E-state index in [2.05, 4.69) is 31.9 Å². The number of hydrogen-bond donors (Lipinski definition) is 4. The van der Waals surface area contributed by atoms with Crippen molar-refractivity contribution in [3.63, 3.8) is 0 Å². The van der Waals surface area contributed by atoms with Gasteiger partial charge < -0.3 is 15.7 Å². The van der Waals surface area contributed by atoms with Crippen molar-refractivity contribution in [3.8, 4) is 0 Å². The molecule has 0 aromatic heterocycles. The van der Waals surface area contributed by atoms with Gasteiger partial charge in [0.1, 0.15) is 5.82 Å². The van der Waals surface area contributed by atoms with Crippen molar-refractivity contribution < 1.29 is 14.3 Å². The smallest absolute Gasteiger partial charge is 0.256 e. The Hall–Kier alpha value is -1.18. The van der Waals surface area contributed by atoms with Gasteiger partial charge in [-0.2, -0.15) is 0 Å². The molecule has 0 radical (unpaired) electrons. The maximum absolute atomic E-state index is 13.4. The molecule has 0 fully saturated rings. The van der Waals surface area contributed by atoms with E-state index in [1.54, 1.807) is 6.07 Å². The number of carbonyl (C=O) groups excluding carboxylic acids is 1. The highest BCUT2D eigenvalue weighted by atomic mass is 79.9. The molecule has 4 N–H and O–H groups in total. The molecule has 104 valence electrons. The minimum atomic E-state index is -0.468. The topological polar surface area (TPSA) is 73.4 Å².